The molecule has 1 N–H and O–H groups in total. The average molecular weight is 317 g/mol. The number of amides is 1. The van der Waals surface area contributed by atoms with Gasteiger partial charge < -0.3 is 14.8 Å². The minimum absolute atomic E-state index is 0.00670. The second kappa shape index (κ2) is 6.01. The molecule has 0 spiro atoms. The maximum absolute atomic E-state index is 12.3. The van der Waals surface area contributed by atoms with Crippen molar-refractivity contribution in [3.63, 3.8) is 0 Å². The van der Waals surface area contributed by atoms with Crippen LogP contribution in [0.5, 0.6) is 11.5 Å². The van der Waals surface area contributed by atoms with Crippen LogP contribution in [0.25, 0.3) is 0 Å². The Hall–Kier alpha value is -2.01. The summed E-state index contributed by atoms with van der Waals surface area (Å²) in [6.45, 7) is 0.618. The van der Waals surface area contributed by atoms with Crippen LogP contribution in [-0.2, 0) is 5.41 Å². The molecule has 0 saturated heterocycles. The predicted octanol–water partition coefficient (Wildman–Crippen LogP) is 3.23. The van der Waals surface area contributed by atoms with Gasteiger partial charge in [-0.05, 0) is 30.4 Å². The summed E-state index contributed by atoms with van der Waals surface area (Å²) in [7, 11) is 3.26. The summed E-state index contributed by atoms with van der Waals surface area (Å²) in [5.41, 5.74) is 1.18. The minimum Gasteiger partial charge on any atom is -0.496 e. The van der Waals surface area contributed by atoms with Gasteiger partial charge in [0.2, 0.25) is 0 Å². The Morgan fingerprint density at radius 3 is 2.59 bits per heavy atom. The summed E-state index contributed by atoms with van der Waals surface area (Å²) in [4.78, 5) is 13.0. The van der Waals surface area contributed by atoms with E-state index in [1.807, 2.05) is 29.6 Å². The molecule has 0 radical (unpaired) electrons. The Bertz CT molecular complexity index is 676. The lowest BCUT2D eigenvalue weighted by Gasteiger charge is -2.19. The highest BCUT2D eigenvalue weighted by Crippen LogP contribution is 2.50. The topological polar surface area (TPSA) is 47.6 Å². The summed E-state index contributed by atoms with van der Waals surface area (Å²) in [6.07, 6.45) is 2.13. The zero-order valence-electron chi connectivity index (χ0n) is 12.7. The molecule has 1 aromatic heterocycles. The first-order chi connectivity index (χ1) is 10.7. The van der Waals surface area contributed by atoms with Gasteiger partial charge in [-0.2, -0.15) is 0 Å². The fraction of sp³-hybridized carbons (Fsp3) is 0.353. The molecule has 2 aromatic rings. The van der Waals surface area contributed by atoms with Crippen molar-refractivity contribution < 1.29 is 14.3 Å². The molecular weight excluding hydrogens is 298 g/mol. The molecule has 4 nitrogen and oxygen atoms in total. The van der Waals surface area contributed by atoms with E-state index in [0.29, 0.717) is 17.2 Å². The molecule has 1 saturated carbocycles. The minimum atomic E-state index is -0.0759. The van der Waals surface area contributed by atoms with E-state index in [1.165, 1.54) is 16.9 Å². The number of hydrogen-bond donors (Lipinski definition) is 1. The molecule has 3 rings (SSSR count). The van der Waals surface area contributed by atoms with Crippen LogP contribution in [0.15, 0.2) is 35.7 Å². The zero-order chi connectivity index (χ0) is 15.6. The van der Waals surface area contributed by atoms with Crippen molar-refractivity contribution in [2.45, 2.75) is 18.3 Å². The van der Waals surface area contributed by atoms with Crippen LogP contribution in [0.4, 0.5) is 0 Å². The van der Waals surface area contributed by atoms with Crippen LogP contribution >= 0.6 is 11.3 Å². The average Bonchev–Trinajstić information content (AvgIpc) is 3.20. The fourth-order valence-electron chi connectivity index (χ4n) is 2.73. The number of ether oxygens (including phenoxy) is 2. The van der Waals surface area contributed by atoms with Gasteiger partial charge in [0.05, 0.1) is 14.2 Å². The molecule has 1 heterocycles. The standard InChI is InChI=1S/C17H19NO3S/c1-20-13-6-4-3-5-12(13)17(8-9-17)11-18-16(19)15-14(21-2)7-10-22-15/h3-7,10H,8-9,11H2,1-2H3,(H,18,19). The lowest BCUT2D eigenvalue weighted by atomic mass is 9.95. The number of rotatable bonds is 6. The summed E-state index contributed by atoms with van der Waals surface area (Å²) >= 11 is 1.39. The number of hydrogen-bond acceptors (Lipinski definition) is 4. The molecule has 0 unspecified atom stereocenters. The normalized spacial score (nSPS) is 15.2. The first-order valence-electron chi connectivity index (χ1n) is 7.23. The third-order valence-electron chi connectivity index (χ3n) is 4.17. The number of thiophene rings is 1. The third kappa shape index (κ3) is 2.68. The van der Waals surface area contributed by atoms with E-state index < -0.39 is 0 Å². The molecule has 0 aliphatic heterocycles. The molecule has 1 aromatic carbocycles. The van der Waals surface area contributed by atoms with Crippen molar-refractivity contribution in [1.29, 1.82) is 0 Å². The van der Waals surface area contributed by atoms with Gasteiger partial charge in [-0.1, -0.05) is 18.2 Å². The number of methoxy groups -OCH3 is 2. The first kappa shape index (κ1) is 14.9. The number of nitrogens with one attached hydrogen (secondary N) is 1. The van der Waals surface area contributed by atoms with E-state index in [-0.39, 0.29) is 11.3 Å². The summed E-state index contributed by atoms with van der Waals surface area (Å²) in [5.74, 6) is 1.45. The monoisotopic (exact) mass is 317 g/mol. The van der Waals surface area contributed by atoms with Crippen LogP contribution in [0.1, 0.15) is 28.1 Å². The molecule has 22 heavy (non-hydrogen) atoms. The molecule has 5 heteroatoms. The van der Waals surface area contributed by atoms with E-state index in [9.17, 15) is 4.79 Å². The Morgan fingerprint density at radius 1 is 1.18 bits per heavy atom. The molecular formula is C17H19NO3S. The quantitative estimate of drug-likeness (QED) is 0.890. The van der Waals surface area contributed by atoms with Crippen LogP contribution < -0.4 is 14.8 Å². The number of para-hydroxylation sites is 1. The second-order valence-electron chi connectivity index (χ2n) is 5.48. The first-order valence-corrected chi connectivity index (χ1v) is 8.11. The highest BCUT2D eigenvalue weighted by atomic mass is 32.1. The van der Waals surface area contributed by atoms with Crippen LogP contribution in [0.2, 0.25) is 0 Å². The Morgan fingerprint density at radius 2 is 1.91 bits per heavy atom. The van der Waals surface area contributed by atoms with Crippen molar-refractivity contribution in [2.75, 3.05) is 20.8 Å². The maximum Gasteiger partial charge on any atom is 0.265 e. The lowest BCUT2D eigenvalue weighted by Crippen LogP contribution is -2.32. The molecule has 0 bridgehead atoms. The highest BCUT2D eigenvalue weighted by Gasteiger charge is 2.46. The lowest BCUT2D eigenvalue weighted by molar-refractivity contribution is 0.0951. The van der Waals surface area contributed by atoms with Gasteiger partial charge in [0.15, 0.2) is 0 Å². The summed E-state index contributed by atoms with van der Waals surface area (Å²) < 4.78 is 10.7. The van der Waals surface area contributed by atoms with Gasteiger partial charge >= 0.3 is 0 Å². The van der Waals surface area contributed by atoms with Gasteiger partial charge in [0.25, 0.3) is 5.91 Å². The molecule has 1 aliphatic carbocycles. The number of carbonyl (C=O) groups excluding carboxylic acids is 1. The van der Waals surface area contributed by atoms with Crippen LogP contribution in [-0.4, -0.2) is 26.7 Å². The predicted molar refractivity (Wildman–Crippen MR) is 87.1 cm³/mol. The molecule has 116 valence electrons. The number of carbonyl (C=O) groups is 1. The molecule has 1 amide bonds. The maximum atomic E-state index is 12.3. The van der Waals surface area contributed by atoms with Crippen LogP contribution in [0, 0.1) is 0 Å². The Kier molecular flexibility index (Phi) is 4.07. The Labute approximate surface area is 134 Å². The number of benzene rings is 1. The van der Waals surface area contributed by atoms with Crippen LogP contribution in [0.3, 0.4) is 0 Å². The summed E-state index contributed by atoms with van der Waals surface area (Å²) in [5, 5.41) is 4.91. The van der Waals surface area contributed by atoms with Crippen molar-refractivity contribution in [3.05, 3.63) is 46.2 Å². The van der Waals surface area contributed by atoms with Gasteiger partial charge in [-0.15, -0.1) is 11.3 Å². The van der Waals surface area contributed by atoms with Crippen molar-refractivity contribution in [1.82, 2.24) is 5.32 Å². The summed E-state index contributed by atoms with van der Waals surface area (Å²) in [6, 6.07) is 9.85. The van der Waals surface area contributed by atoms with E-state index in [1.54, 1.807) is 14.2 Å². The van der Waals surface area contributed by atoms with Gasteiger partial charge in [0.1, 0.15) is 16.4 Å². The SMILES string of the molecule is COc1ccccc1C1(CNC(=O)c2sccc2OC)CC1. The second-order valence-corrected chi connectivity index (χ2v) is 6.40. The van der Waals surface area contributed by atoms with Gasteiger partial charge in [-0.3, -0.25) is 4.79 Å². The highest BCUT2D eigenvalue weighted by molar-refractivity contribution is 7.12. The van der Waals surface area contributed by atoms with Crippen molar-refractivity contribution >= 4 is 17.2 Å². The Balaban J connectivity index is 1.72. The van der Waals surface area contributed by atoms with E-state index in [0.717, 1.165) is 18.6 Å². The molecule has 1 aliphatic rings. The molecule has 0 atom stereocenters. The van der Waals surface area contributed by atoms with E-state index >= 15 is 0 Å². The van der Waals surface area contributed by atoms with E-state index in [2.05, 4.69) is 11.4 Å². The zero-order valence-corrected chi connectivity index (χ0v) is 13.5. The van der Waals surface area contributed by atoms with Crippen molar-refractivity contribution in [2.24, 2.45) is 0 Å². The smallest absolute Gasteiger partial charge is 0.265 e. The fourth-order valence-corrected chi connectivity index (χ4v) is 3.50. The van der Waals surface area contributed by atoms with Gasteiger partial charge in [0, 0.05) is 17.5 Å². The van der Waals surface area contributed by atoms with Crippen molar-refractivity contribution in [3.8, 4) is 11.5 Å². The molecule has 1 fully saturated rings. The third-order valence-corrected chi connectivity index (χ3v) is 5.07. The van der Waals surface area contributed by atoms with Gasteiger partial charge in [-0.25, -0.2) is 0 Å². The largest absolute Gasteiger partial charge is 0.496 e. The van der Waals surface area contributed by atoms with E-state index in [4.69, 9.17) is 9.47 Å².